The summed E-state index contributed by atoms with van der Waals surface area (Å²) in [6.07, 6.45) is 7.13. The van der Waals surface area contributed by atoms with E-state index in [4.69, 9.17) is 9.73 Å². The van der Waals surface area contributed by atoms with E-state index in [0.717, 1.165) is 76.0 Å². The summed E-state index contributed by atoms with van der Waals surface area (Å²) < 4.78 is 7.69. The molecule has 1 amide bonds. The second kappa shape index (κ2) is 10.8. The first kappa shape index (κ1) is 23.3. The van der Waals surface area contributed by atoms with Gasteiger partial charge in [0.25, 0.3) is 0 Å². The number of amides is 1. The minimum atomic E-state index is -0.485. The highest BCUT2D eigenvalue weighted by Crippen LogP contribution is 2.16. The minimum Gasteiger partial charge on any atom is -0.444 e. The summed E-state index contributed by atoms with van der Waals surface area (Å²) >= 11 is 0. The summed E-state index contributed by atoms with van der Waals surface area (Å²) in [5.41, 5.74) is -0.485. The van der Waals surface area contributed by atoms with Crippen LogP contribution in [0.1, 0.15) is 71.4 Å². The lowest BCUT2D eigenvalue weighted by Gasteiger charge is -2.23. The molecule has 0 aromatic carbocycles. The fourth-order valence-electron chi connectivity index (χ4n) is 4.12. The first-order chi connectivity index (χ1) is 14.9. The van der Waals surface area contributed by atoms with E-state index in [2.05, 4.69) is 37.2 Å². The van der Waals surface area contributed by atoms with Crippen molar-refractivity contribution in [1.29, 1.82) is 0 Å². The normalized spacial score (nSPS) is 19.7. The van der Waals surface area contributed by atoms with Crippen molar-refractivity contribution in [3.05, 3.63) is 11.6 Å². The molecular weight excluding hydrogens is 394 g/mol. The molecule has 0 aliphatic carbocycles. The zero-order chi connectivity index (χ0) is 22.3. The first-order valence-corrected chi connectivity index (χ1v) is 11.8. The molecule has 1 saturated heterocycles. The molecular formula is C22H39N7O2. The summed E-state index contributed by atoms with van der Waals surface area (Å²) in [6.45, 7) is 11.9. The van der Waals surface area contributed by atoms with Crippen LogP contribution >= 0.6 is 0 Å². The Balaban J connectivity index is 1.48. The highest BCUT2D eigenvalue weighted by Gasteiger charge is 2.27. The van der Waals surface area contributed by atoms with Crippen LogP contribution in [-0.2, 0) is 24.1 Å². The van der Waals surface area contributed by atoms with Crippen molar-refractivity contribution < 1.29 is 9.53 Å². The van der Waals surface area contributed by atoms with Gasteiger partial charge in [-0.15, -0.1) is 10.2 Å². The van der Waals surface area contributed by atoms with E-state index in [1.165, 1.54) is 19.3 Å². The lowest BCUT2D eigenvalue weighted by molar-refractivity contribution is 0.0507. The standard InChI is InChI=1S/C22H39N7O2/c1-5-23-20(28-15-12-17(16-28)25-21(30)31-22(2,3)4)24-13-9-11-19-27-26-18-10-7-6-8-14-29(18)19/h17H,5-16H2,1-4H3,(H,23,24)(H,25,30). The molecule has 0 spiro atoms. The van der Waals surface area contributed by atoms with Gasteiger partial charge in [0.15, 0.2) is 5.96 Å². The van der Waals surface area contributed by atoms with Gasteiger partial charge in [0, 0.05) is 45.6 Å². The lowest BCUT2D eigenvalue weighted by atomic mass is 10.2. The summed E-state index contributed by atoms with van der Waals surface area (Å²) in [5.74, 6) is 3.15. The average molecular weight is 434 g/mol. The van der Waals surface area contributed by atoms with Crippen LogP contribution in [-0.4, -0.2) is 69.5 Å². The first-order valence-electron chi connectivity index (χ1n) is 11.8. The number of carbonyl (C=O) groups excluding carboxylic acids is 1. The highest BCUT2D eigenvalue weighted by molar-refractivity contribution is 5.80. The maximum Gasteiger partial charge on any atom is 0.407 e. The zero-order valence-electron chi connectivity index (χ0n) is 19.6. The smallest absolute Gasteiger partial charge is 0.407 e. The molecule has 9 nitrogen and oxygen atoms in total. The molecule has 31 heavy (non-hydrogen) atoms. The van der Waals surface area contributed by atoms with Gasteiger partial charge in [0.05, 0.1) is 6.04 Å². The number of alkyl carbamates (subject to hydrolysis) is 1. The van der Waals surface area contributed by atoms with Crippen molar-refractivity contribution in [2.45, 2.75) is 90.8 Å². The van der Waals surface area contributed by atoms with Crippen molar-refractivity contribution in [1.82, 2.24) is 30.3 Å². The maximum absolute atomic E-state index is 12.1. The van der Waals surface area contributed by atoms with Crippen molar-refractivity contribution in [2.75, 3.05) is 26.2 Å². The number of aliphatic imine (C=N–C) groups is 1. The van der Waals surface area contributed by atoms with E-state index in [-0.39, 0.29) is 12.1 Å². The molecule has 1 aromatic rings. The number of nitrogens with one attached hydrogen (secondary N) is 2. The van der Waals surface area contributed by atoms with E-state index in [1.54, 1.807) is 0 Å². The molecule has 2 N–H and O–H groups in total. The fraction of sp³-hybridized carbons (Fsp3) is 0.818. The number of likely N-dealkylation sites (tertiary alicyclic amines) is 1. The number of nitrogens with zero attached hydrogens (tertiary/aromatic N) is 5. The lowest BCUT2D eigenvalue weighted by Crippen LogP contribution is -2.44. The molecule has 9 heteroatoms. The minimum absolute atomic E-state index is 0.0742. The van der Waals surface area contributed by atoms with Crippen LogP contribution in [0.15, 0.2) is 4.99 Å². The Morgan fingerprint density at radius 2 is 2.06 bits per heavy atom. The van der Waals surface area contributed by atoms with Gasteiger partial charge < -0.3 is 24.8 Å². The van der Waals surface area contributed by atoms with Crippen LogP contribution < -0.4 is 10.6 Å². The third-order valence-electron chi connectivity index (χ3n) is 5.55. The van der Waals surface area contributed by atoms with Gasteiger partial charge in [-0.05, 0) is 53.4 Å². The number of fused-ring (bicyclic) bond motifs is 1. The largest absolute Gasteiger partial charge is 0.444 e. The van der Waals surface area contributed by atoms with E-state index in [0.29, 0.717) is 0 Å². The Kier molecular flexibility index (Phi) is 8.15. The molecule has 3 heterocycles. The predicted molar refractivity (Wildman–Crippen MR) is 121 cm³/mol. The van der Waals surface area contributed by atoms with Crippen LogP contribution in [0.25, 0.3) is 0 Å². The number of rotatable bonds is 6. The van der Waals surface area contributed by atoms with Gasteiger partial charge in [0.1, 0.15) is 17.2 Å². The SMILES string of the molecule is CCNC(=NCCCc1nnc2n1CCCCC2)N1CCC(NC(=O)OC(C)(C)C)C1. The van der Waals surface area contributed by atoms with E-state index in [1.807, 2.05) is 20.8 Å². The second-order valence-electron chi connectivity index (χ2n) is 9.41. The Labute approximate surface area is 186 Å². The summed E-state index contributed by atoms with van der Waals surface area (Å²) in [6, 6.07) is 0.0742. The Morgan fingerprint density at radius 1 is 1.23 bits per heavy atom. The van der Waals surface area contributed by atoms with Gasteiger partial charge >= 0.3 is 6.09 Å². The molecule has 3 rings (SSSR count). The van der Waals surface area contributed by atoms with Crippen molar-refractivity contribution in [2.24, 2.45) is 4.99 Å². The number of aryl methyl sites for hydroxylation is 2. The third kappa shape index (κ3) is 7.11. The topological polar surface area (TPSA) is 96.7 Å². The number of carbonyl (C=O) groups is 1. The monoisotopic (exact) mass is 433 g/mol. The zero-order valence-corrected chi connectivity index (χ0v) is 19.6. The summed E-state index contributed by atoms with van der Waals surface area (Å²) in [4.78, 5) is 19.1. The molecule has 0 bridgehead atoms. The molecule has 1 fully saturated rings. The Morgan fingerprint density at radius 3 is 2.84 bits per heavy atom. The van der Waals surface area contributed by atoms with Crippen molar-refractivity contribution in [3.8, 4) is 0 Å². The summed E-state index contributed by atoms with van der Waals surface area (Å²) in [5, 5.41) is 15.2. The number of aromatic nitrogens is 3. The quantitative estimate of drug-likeness (QED) is 0.406. The van der Waals surface area contributed by atoms with Crippen LogP contribution in [0.5, 0.6) is 0 Å². The Hall–Kier alpha value is -2.32. The predicted octanol–water partition coefficient (Wildman–Crippen LogP) is 2.50. The van der Waals surface area contributed by atoms with Crippen LogP contribution in [0, 0.1) is 0 Å². The number of ether oxygens (including phenoxy) is 1. The van der Waals surface area contributed by atoms with Gasteiger partial charge in [-0.25, -0.2) is 4.79 Å². The molecule has 1 unspecified atom stereocenters. The number of hydrogen-bond acceptors (Lipinski definition) is 5. The molecule has 0 saturated carbocycles. The molecule has 2 aliphatic heterocycles. The molecule has 0 radical (unpaired) electrons. The van der Waals surface area contributed by atoms with Gasteiger partial charge in [-0.2, -0.15) is 0 Å². The van der Waals surface area contributed by atoms with Crippen molar-refractivity contribution >= 4 is 12.1 Å². The van der Waals surface area contributed by atoms with E-state index < -0.39 is 5.60 Å². The number of guanidine groups is 1. The average Bonchev–Trinajstić information content (AvgIpc) is 3.23. The molecule has 1 atom stereocenters. The van der Waals surface area contributed by atoms with E-state index >= 15 is 0 Å². The fourth-order valence-corrected chi connectivity index (χ4v) is 4.12. The van der Waals surface area contributed by atoms with Gasteiger partial charge in [-0.1, -0.05) is 6.42 Å². The number of hydrogen-bond donors (Lipinski definition) is 2. The molecule has 1 aromatic heterocycles. The van der Waals surface area contributed by atoms with Crippen LogP contribution in [0.4, 0.5) is 4.79 Å². The Bertz CT molecular complexity index is 754. The van der Waals surface area contributed by atoms with Gasteiger partial charge in [-0.3, -0.25) is 4.99 Å². The summed E-state index contributed by atoms with van der Waals surface area (Å²) in [7, 11) is 0. The van der Waals surface area contributed by atoms with Gasteiger partial charge in [0.2, 0.25) is 0 Å². The molecule has 2 aliphatic rings. The van der Waals surface area contributed by atoms with E-state index in [9.17, 15) is 4.79 Å². The second-order valence-corrected chi connectivity index (χ2v) is 9.41. The molecule has 174 valence electrons. The van der Waals surface area contributed by atoms with Crippen LogP contribution in [0.3, 0.4) is 0 Å². The maximum atomic E-state index is 12.1. The third-order valence-corrected chi connectivity index (χ3v) is 5.55. The van der Waals surface area contributed by atoms with Crippen molar-refractivity contribution in [3.63, 3.8) is 0 Å². The highest BCUT2D eigenvalue weighted by atomic mass is 16.6. The van der Waals surface area contributed by atoms with Crippen LogP contribution in [0.2, 0.25) is 0 Å².